The largest absolute Gasteiger partial charge is 0.350 e. The fourth-order valence-electron chi connectivity index (χ4n) is 4.01. The van der Waals surface area contributed by atoms with Crippen LogP contribution in [0.5, 0.6) is 0 Å². The van der Waals surface area contributed by atoms with Gasteiger partial charge in [-0.25, -0.2) is 8.78 Å². The van der Waals surface area contributed by atoms with Crippen LogP contribution >= 0.6 is 0 Å². The van der Waals surface area contributed by atoms with Crippen LogP contribution in [0.15, 0.2) is 36.7 Å². The Morgan fingerprint density at radius 1 is 1.30 bits per heavy atom. The summed E-state index contributed by atoms with van der Waals surface area (Å²) in [5.74, 6) is -0.394. The number of benzene rings is 1. The average molecular weight is 413 g/mol. The zero-order valence-corrected chi connectivity index (χ0v) is 17.1. The lowest BCUT2D eigenvalue weighted by atomic mass is 10.0. The van der Waals surface area contributed by atoms with E-state index >= 15 is 0 Å². The number of rotatable bonds is 6. The minimum Gasteiger partial charge on any atom is -0.350 e. The molecule has 0 bridgehead atoms. The highest BCUT2D eigenvalue weighted by Gasteiger charge is 2.28. The van der Waals surface area contributed by atoms with Gasteiger partial charge in [0.2, 0.25) is 0 Å². The number of alkyl halides is 1. The number of carbonyl (C=O) groups is 1. The molecule has 3 heterocycles. The molecule has 1 aliphatic heterocycles. The molecule has 1 amide bonds. The molecular weight excluding hydrogens is 388 g/mol. The third-order valence-electron chi connectivity index (χ3n) is 5.34. The highest BCUT2D eigenvalue weighted by molar-refractivity contribution is 6.05. The third-order valence-corrected chi connectivity index (χ3v) is 5.34. The van der Waals surface area contributed by atoms with Gasteiger partial charge in [0.15, 0.2) is 5.69 Å². The smallest absolute Gasteiger partial charge is 0.272 e. The molecule has 2 aromatic heterocycles. The van der Waals surface area contributed by atoms with Crippen LogP contribution in [0.2, 0.25) is 0 Å². The standard InChI is InChI=1S/C22H25F2N5O/c1-22(2,24)13-29-6-5-14(12-29)9-26-21(30)20-18-8-15(3-4-19(18)27-28-20)16-7-17(23)11-25-10-16/h3-4,7-8,10-11,14H,5-6,9,12-13H2,1-2H3,(H,26,30)(H,27,28). The molecule has 30 heavy (non-hydrogen) atoms. The van der Waals surface area contributed by atoms with Crippen molar-refractivity contribution in [3.8, 4) is 11.1 Å². The maximum Gasteiger partial charge on any atom is 0.272 e. The van der Waals surface area contributed by atoms with Crippen LogP contribution in [-0.2, 0) is 0 Å². The van der Waals surface area contributed by atoms with Crippen LogP contribution in [0.1, 0.15) is 30.8 Å². The first-order chi connectivity index (χ1) is 14.3. The molecule has 1 unspecified atom stereocenters. The molecule has 1 fully saturated rings. The van der Waals surface area contributed by atoms with Gasteiger partial charge in [0.05, 0.1) is 11.7 Å². The predicted octanol–water partition coefficient (Wildman–Crippen LogP) is 3.56. The number of halogens is 2. The highest BCUT2D eigenvalue weighted by atomic mass is 19.1. The molecule has 4 rings (SSSR count). The second-order valence-corrected chi connectivity index (χ2v) is 8.54. The Morgan fingerprint density at radius 3 is 2.90 bits per heavy atom. The zero-order valence-electron chi connectivity index (χ0n) is 17.1. The molecule has 6 nitrogen and oxygen atoms in total. The quantitative estimate of drug-likeness (QED) is 0.648. The van der Waals surface area contributed by atoms with E-state index in [0.29, 0.717) is 29.7 Å². The van der Waals surface area contributed by atoms with E-state index in [2.05, 4.69) is 25.4 Å². The number of pyridine rings is 1. The fourth-order valence-corrected chi connectivity index (χ4v) is 4.01. The second kappa shape index (κ2) is 8.10. The molecule has 158 valence electrons. The number of hydrogen-bond donors (Lipinski definition) is 2. The minimum atomic E-state index is -1.22. The van der Waals surface area contributed by atoms with Crippen LogP contribution in [0.4, 0.5) is 8.78 Å². The van der Waals surface area contributed by atoms with Crippen LogP contribution in [0, 0.1) is 11.7 Å². The Morgan fingerprint density at radius 2 is 2.13 bits per heavy atom. The van der Waals surface area contributed by atoms with Crippen molar-refractivity contribution in [2.24, 2.45) is 5.92 Å². The number of aromatic nitrogens is 3. The van der Waals surface area contributed by atoms with Crippen LogP contribution < -0.4 is 5.32 Å². The number of hydrogen-bond acceptors (Lipinski definition) is 4. The number of likely N-dealkylation sites (tertiary alicyclic amines) is 1. The Bertz CT molecular complexity index is 1060. The van der Waals surface area contributed by atoms with Crippen LogP contribution in [0.3, 0.4) is 0 Å². The first-order valence-corrected chi connectivity index (χ1v) is 10.1. The summed E-state index contributed by atoms with van der Waals surface area (Å²) >= 11 is 0. The van der Waals surface area contributed by atoms with Crippen molar-refractivity contribution in [2.45, 2.75) is 25.9 Å². The number of H-pyrrole nitrogens is 1. The molecule has 0 radical (unpaired) electrons. The van der Waals surface area contributed by atoms with Crippen LogP contribution in [-0.4, -0.2) is 57.8 Å². The summed E-state index contributed by atoms with van der Waals surface area (Å²) in [7, 11) is 0. The minimum absolute atomic E-state index is 0.264. The molecule has 8 heteroatoms. The number of amides is 1. The number of aromatic amines is 1. The molecule has 0 aliphatic carbocycles. The van der Waals surface area contributed by atoms with Gasteiger partial charge in [0, 0.05) is 36.8 Å². The molecule has 1 saturated heterocycles. The Kier molecular flexibility index (Phi) is 5.51. The van der Waals surface area contributed by atoms with Crippen molar-refractivity contribution in [1.82, 2.24) is 25.4 Å². The summed E-state index contributed by atoms with van der Waals surface area (Å²) in [5, 5.41) is 10.7. The van der Waals surface area contributed by atoms with E-state index in [-0.39, 0.29) is 11.8 Å². The van der Waals surface area contributed by atoms with E-state index in [1.165, 1.54) is 6.07 Å². The molecule has 1 aromatic carbocycles. The normalized spacial score (nSPS) is 17.5. The summed E-state index contributed by atoms with van der Waals surface area (Å²) in [6.45, 7) is 5.69. The van der Waals surface area contributed by atoms with Crippen molar-refractivity contribution in [1.29, 1.82) is 0 Å². The van der Waals surface area contributed by atoms with Gasteiger partial charge in [-0.15, -0.1) is 0 Å². The first kappa shape index (κ1) is 20.4. The van der Waals surface area contributed by atoms with Gasteiger partial charge in [0.1, 0.15) is 11.5 Å². The van der Waals surface area contributed by atoms with Crippen molar-refractivity contribution < 1.29 is 13.6 Å². The molecule has 1 aliphatic rings. The first-order valence-electron chi connectivity index (χ1n) is 10.1. The van der Waals surface area contributed by atoms with Gasteiger partial charge >= 0.3 is 0 Å². The molecule has 3 aromatic rings. The zero-order chi connectivity index (χ0) is 21.3. The highest BCUT2D eigenvalue weighted by Crippen LogP contribution is 2.26. The molecule has 2 N–H and O–H groups in total. The van der Waals surface area contributed by atoms with E-state index in [4.69, 9.17) is 0 Å². The SMILES string of the molecule is CC(C)(F)CN1CCC(CNC(=O)c2n[nH]c3ccc(-c4cncc(F)c4)cc23)C1. The third kappa shape index (κ3) is 4.64. The van der Waals surface area contributed by atoms with Crippen molar-refractivity contribution >= 4 is 16.8 Å². The fraction of sp³-hybridized carbons (Fsp3) is 0.409. The van der Waals surface area contributed by atoms with E-state index in [1.807, 2.05) is 18.2 Å². The van der Waals surface area contributed by atoms with E-state index < -0.39 is 11.5 Å². The summed E-state index contributed by atoms with van der Waals surface area (Å²) in [4.78, 5) is 18.7. The summed E-state index contributed by atoms with van der Waals surface area (Å²) < 4.78 is 27.4. The summed E-state index contributed by atoms with van der Waals surface area (Å²) in [5.41, 5.74) is 1.19. The van der Waals surface area contributed by atoms with Gasteiger partial charge in [0.25, 0.3) is 5.91 Å². The lowest BCUT2D eigenvalue weighted by Gasteiger charge is -2.23. The van der Waals surface area contributed by atoms with Gasteiger partial charge in [-0.05, 0) is 56.5 Å². The van der Waals surface area contributed by atoms with Gasteiger partial charge < -0.3 is 5.32 Å². The molecule has 1 atom stereocenters. The van der Waals surface area contributed by atoms with Gasteiger partial charge in [-0.3, -0.25) is 19.8 Å². The van der Waals surface area contributed by atoms with Crippen molar-refractivity contribution in [3.05, 3.63) is 48.2 Å². The van der Waals surface area contributed by atoms with E-state index in [9.17, 15) is 13.6 Å². The number of nitrogens with zero attached hydrogens (tertiary/aromatic N) is 3. The number of carbonyl (C=O) groups excluding carboxylic acids is 1. The van der Waals surface area contributed by atoms with E-state index in [1.54, 1.807) is 20.0 Å². The number of nitrogens with one attached hydrogen (secondary N) is 2. The maximum atomic E-state index is 13.8. The molecular formula is C22H25F2N5O. The predicted molar refractivity (Wildman–Crippen MR) is 111 cm³/mol. The van der Waals surface area contributed by atoms with Gasteiger partial charge in [-0.2, -0.15) is 5.10 Å². The van der Waals surface area contributed by atoms with Crippen molar-refractivity contribution in [2.75, 3.05) is 26.2 Å². The average Bonchev–Trinajstić information content (AvgIpc) is 3.31. The van der Waals surface area contributed by atoms with Gasteiger partial charge in [-0.1, -0.05) is 6.07 Å². The summed E-state index contributed by atoms with van der Waals surface area (Å²) in [6, 6.07) is 6.86. The molecule has 0 saturated carbocycles. The summed E-state index contributed by atoms with van der Waals surface area (Å²) in [6.07, 6.45) is 3.65. The van der Waals surface area contributed by atoms with E-state index in [0.717, 1.165) is 36.8 Å². The van der Waals surface area contributed by atoms with Crippen LogP contribution in [0.25, 0.3) is 22.0 Å². The lowest BCUT2D eigenvalue weighted by Crippen LogP contribution is -2.36. The topological polar surface area (TPSA) is 73.9 Å². The monoisotopic (exact) mass is 413 g/mol. The lowest BCUT2D eigenvalue weighted by molar-refractivity contribution is 0.0941. The Hall–Kier alpha value is -2.87. The van der Waals surface area contributed by atoms with Crippen molar-refractivity contribution in [3.63, 3.8) is 0 Å². The molecule has 0 spiro atoms. The number of fused-ring (bicyclic) bond motifs is 1. The Labute approximate surface area is 173 Å². The second-order valence-electron chi connectivity index (χ2n) is 8.54. The maximum absolute atomic E-state index is 13.8. The Balaban J connectivity index is 1.44.